The molecular formula is C15H21ClN2O3. The Hall–Kier alpha value is -1.46. The summed E-state index contributed by atoms with van der Waals surface area (Å²) >= 11 is 0. The number of hydrogen-bond acceptors (Lipinski definition) is 4. The molecule has 1 aromatic rings. The van der Waals surface area contributed by atoms with E-state index < -0.39 is 0 Å². The number of rotatable bonds is 3. The molecule has 2 aliphatic heterocycles. The maximum atomic E-state index is 12.1. The van der Waals surface area contributed by atoms with Crippen molar-refractivity contribution in [2.24, 2.45) is 5.92 Å². The first-order valence-electron chi connectivity index (χ1n) is 7.20. The molecule has 0 saturated carbocycles. The molecule has 1 fully saturated rings. The van der Waals surface area contributed by atoms with Crippen LogP contribution in [0, 0.1) is 5.92 Å². The second kappa shape index (κ2) is 7.52. The maximum absolute atomic E-state index is 12.1. The monoisotopic (exact) mass is 312 g/mol. The van der Waals surface area contributed by atoms with Crippen molar-refractivity contribution in [2.75, 3.05) is 26.3 Å². The van der Waals surface area contributed by atoms with Gasteiger partial charge in [-0.15, -0.1) is 12.4 Å². The van der Waals surface area contributed by atoms with Gasteiger partial charge in [0.1, 0.15) is 13.2 Å². The Kier molecular flexibility index (Phi) is 5.70. The minimum atomic E-state index is 0. The summed E-state index contributed by atoms with van der Waals surface area (Å²) in [5.41, 5.74) is 1.03. The third-order valence-corrected chi connectivity index (χ3v) is 3.74. The molecule has 0 spiro atoms. The first-order chi connectivity index (χ1) is 9.83. The molecule has 6 heteroatoms. The molecule has 0 bridgehead atoms. The fourth-order valence-electron chi connectivity index (χ4n) is 2.61. The van der Waals surface area contributed by atoms with Crippen molar-refractivity contribution in [3.05, 3.63) is 23.8 Å². The number of fused-ring (bicyclic) bond motifs is 1. The highest BCUT2D eigenvalue weighted by Crippen LogP contribution is 2.30. The summed E-state index contributed by atoms with van der Waals surface area (Å²) in [5.74, 6) is 1.78. The summed E-state index contributed by atoms with van der Waals surface area (Å²) in [7, 11) is 0. The number of piperidine rings is 1. The lowest BCUT2D eigenvalue weighted by molar-refractivity contribution is -0.125. The van der Waals surface area contributed by atoms with Gasteiger partial charge in [-0.25, -0.2) is 0 Å². The summed E-state index contributed by atoms with van der Waals surface area (Å²) < 4.78 is 11.0. The minimum absolute atomic E-state index is 0. The van der Waals surface area contributed by atoms with E-state index in [1.54, 1.807) is 0 Å². The lowest BCUT2D eigenvalue weighted by Crippen LogP contribution is -2.40. The van der Waals surface area contributed by atoms with Crippen molar-refractivity contribution in [1.29, 1.82) is 0 Å². The van der Waals surface area contributed by atoms with Gasteiger partial charge in [-0.2, -0.15) is 0 Å². The van der Waals surface area contributed by atoms with E-state index in [1.165, 1.54) is 0 Å². The third-order valence-electron chi connectivity index (χ3n) is 3.74. The molecule has 0 aliphatic carbocycles. The Labute approximate surface area is 130 Å². The summed E-state index contributed by atoms with van der Waals surface area (Å²) in [4.78, 5) is 12.1. The van der Waals surface area contributed by atoms with Crippen LogP contribution < -0.4 is 20.1 Å². The van der Waals surface area contributed by atoms with Gasteiger partial charge in [-0.1, -0.05) is 6.07 Å². The number of benzene rings is 1. The zero-order chi connectivity index (χ0) is 13.8. The van der Waals surface area contributed by atoms with E-state index in [4.69, 9.17) is 9.47 Å². The fourth-order valence-corrected chi connectivity index (χ4v) is 2.61. The number of nitrogens with one attached hydrogen (secondary N) is 2. The molecule has 0 unspecified atom stereocenters. The van der Waals surface area contributed by atoms with E-state index in [1.807, 2.05) is 18.2 Å². The van der Waals surface area contributed by atoms with Crippen LogP contribution in [0.4, 0.5) is 0 Å². The molecule has 5 nitrogen and oxygen atoms in total. The lowest BCUT2D eigenvalue weighted by atomic mass is 9.99. The fraction of sp³-hybridized carbons (Fsp3) is 0.533. The maximum Gasteiger partial charge on any atom is 0.224 e. The first kappa shape index (κ1) is 15.9. The van der Waals surface area contributed by atoms with E-state index in [2.05, 4.69) is 10.6 Å². The van der Waals surface area contributed by atoms with Gasteiger partial charge in [-0.05, 0) is 37.1 Å². The van der Waals surface area contributed by atoms with Crippen LogP contribution in [-0.2, 0) is 11.3 Å². The van der Waals surface area contributed by atoms with Crippen LogP contribution >= 0.6 is 12.4 Å². The second-order valence-corrected chi connectivity index (χ2v) is 5.24. The predicted molar refractivity (Wildman–Crippen MR) is 82.1 cm³/mol. The van der Waals surface area contributed by atoms with Crippen LogP contribution in [-0.4, -0.2) is 32.2 Å². The molecule has 2 aliphatic rings. The molecule has 3 rings (SSSR count). The number of hydrogen-bond donors (Lipinski definition) is 2. The molecule has 1 amide bonds. The Morgan fingerprint density at radius 2 is 2.10 bits per heavy atom. The Morgan fingerprint density at radius 1 is 1.29 bits per heavy atom. The third kappa shape index (κ3) is 4.02. The van der Waals surface area contributed by atoms with Gasteiger partial charge in [-0.3, -0.25) is 4.79 Å². The quantitative estimate of drug-likeness (QED) is 0.888. The minimum Gasteiger partial charge on any atom is -0.486 e. The van der Waals surface area contributed by atoms with Crippen LogP contribution in [0.1, 0.15) is 18.4 Å². The van der Waals surface area contributed by atoms with Gasteiger partial charge >= 0.3 is 0 Å². The SMILES string of the molecule is Cl.O=C(NCc1ccc2c(c1)OCCO2)[C@@H]1CCCNC1. The van der Waals surface area contributed by atoms with Crippen LogP contribution in [0.25, 0.3) is 0 Å². The molecule has 1 aromatic carbocycles. The Morgan fingerprint density at radius 3 is 2.86 bits per heavy atom. The van der Waals surface area contributed by atoms with Crippen LogP contribution in [0.2, 0.25) is 0 Å². The smallest absolute Gasteiger partial charge is 0.224 e. The zero-order valence-electron chi connectivity index (χ0n) is 11.9. The highest BCUT2D eigenvalue weighted by atomic mass is 35.5. The van der Waals surface area contributed by atoms with Gasteiger partial charge in [0, 0.05) is 13.1 Å². The van der Waals surface area contributed by atoms with Crippen molar-refractivity contribution >= 4 is 18.3 Å². The van der Waals surface area contributed by atoms with E-state index in [0.717, 1.165) is 43.0 Å². The number of amides is 1. The van der Waals surface area contributed by atoms with E-state index >= 15 is 0 Å². The molecule has 0 radical (unpaired) electrons. The van der Waals surface area contributed by atoms with Crippen molar-refractivity contribution in [1.82, 2.24) is 10.6 Å². The molecule has 0 aromatic heterocycles. The standard InChI is InChI=1S/C15H20N2O3.ClH/c18-15(12-2-1-5-16-10-12)17-9-11-3-4-13-14(8-11)20-7-6-19-13;/h3-4,8,12,16H,1-2,5-7,9-10H2,(H,17,18);1H/t12-;/m1./s1. The summed E-state index contributed by atoms with van der Waals surface area (Å²) in [5, 5.41) is 6.26. The van der Waals surface area contributed by atoms with Gasteiger partial charge < -0.3 is 20.1 Å². The molecule has 116 valence electrons. The van der Waals surface area contributed by atoms with Gasteiger partial charge in [0.15, 0.2) is 11.5 Å². The van der Waals surface area contributed by atoms with Gasteiger partial charge in [0.2, 0.25) is 5.91 Å². The summed E-state index contributed by atoms with van der Waals surface area (Å²) in [6.07, 6.45) is 2.04. The number of carbonyl (C=O) groups excluding carboxylic acids is 1. The average molecular weight is 313 g/mol. The second-order valence-electron chi connectivity index (χ2n) is 5.24. The molecular weight excluding hydrogens is 292 g/mol. The molecule has 2 heterocycles. The topological polar surface area (TPSA) is 59.6 Å². The van der Waals surface area contributed by atoms with Crippen molar-refractivity contribution in [2.45, 2.75) is 19.4 Å². The molecule has 1 atom stereocenters. The molecule has 1 saturated heterocycles. The van der Waals surface area contributed by atoms with Crippen LogP contribution in [0.5, 0.6) is 11.5 Å². The number of ether oxygens (including phenoxy) is 2. The Bertz CT molecular complexity index is 490. The van der Waals surface area contributed by atoms with Crippen molar-refractivity contribution in [3.8, 4) is 11.5 Å². The highest BCUT2D eigenvalue weighted by molar-refractivity contribution is 5.85. The summed E-state index contributed by atoms with van der Waals surface area (Å²) in [6.45, 7) is 3.51. The zero-order valence-corrected chi connectivity index (χ0v) is 12.7. The van der Waals surface area contributed by atoms with Gasteiger partial charge in [0.25, 0.3) is 0 Å². The number of carbonyl (C=O) groups is 1. The van der Waals surface area contributed by atoms with Crippen molar-refractivity contribution < 1.29 is 14.3 Å². The lowest BCUT2D eigenvalue weighted by Gasteiger charge is -2.22. The first-order valence-corrected chi connectivity index (χ1v) is 7.20. The largest absolute Gasteiger partial charge is 0.486 e. The van der Waals surface area contributed by atoms with E-state index in [9.17, 15) is 4.79 Å². The predicted octanol–water partition coefficient (Wildman–Crippen LogP) is 1.50. The van der Waals surface area contributed by atoms with Gasteiger partial charge in [0.05, 0.1) is 5.92 Å². The van der Waals surface area contributed by atoms with E-state index in [-0.39, 0.29) is 24.2 Å². The molecule has 21 heavy (non-hydrogen) atoms. The molecule has 2 N–H and O–H groups in total. The van der Waals surface area contributed by atoms with Crippen LogP contribution in [0.3, 0.4) is 0 Å². The summed E-state index contributed by atoms with van der Waals surface area (Å²) in [6, 6.07) is 5.80. The van der Waals surface area contributed by atoms with Crippen molar-refractivity contribution in [3.63, 3.8) is 0 Å². The number of halogens is 1. The van der Waals surface area contributed by atoms with E-state index in [0.29, 0.717) is 19.8 Å². The highest BCUT2D eigenvalue weighted by Gasteiger charge is 2.20. The average Bonchev–Trinajstić information content (AvgIpc) is 2.53. The Balaban J connectivity index is 0.00000161. The normalized spacial score (nSPS) is 20.3. The van der Waals surface area contributed by atoms with Crippen LogP contribution in [0.15, 0.2) is 18.2 Å².